The third-order valence-electron chi connectivity index (χ3n) is 4.33. The van der Waals surface area contributed by atoms with E-state index in [9.17, 15) is 0 Å². The predicted octanol–water partition coefficient (Wildman–Crippen LogP) is 4.86. The van der Waals surface area contributed by atoms with Gasteiger partial charge >= 0.3 is 0 Å². The monoisotopic (exact) mass is 329 g/mol. The van der Waals surface area contributed by atoms with Gasteiger partial charge in [-0.25, -0.2) is 0 Å². The lowest BCUT2D eigenvalue weighted by molar-refractivity contribution is 0.197. The molecule has 1 nitrogen and oxygen atoms in total. The van der Waals surface area contributed by atoms with E-state index in [-0.39, 0.29) is 0 Å². The van der Waals surface area contributed by atoms with E-state index in [1.54, 1.807) is 0 Å². The number of thiophene rings is 1. The molecular formula is C15H24BrNS. The van der Waals surface area contributed by atoms with Crippen molar-refractivity contribution >= 4 is 27.3 Å². The standard InChI is InChI=1S/C15H24BrNS/c1-4-17-14(9-12-8-11(16)10-18-12)13-6-5-7-15(13,2)3/h8,10,13-14,17H,4-7,9H2,1-3H3. The average molecular weight is 330 g/mol. The van der Waals surface area contributed by atoms with Crippen molar-refractivity contribution in [3.05, 3.63) is 20.8 Å². The van der Waals surface area contributed by atoms with Crippen molar-refractivity contribution in [2.75, 3.05) is 6.54 Å². The average Bonchev–Trinajstić information content (AvgIpc) is 2.84. The molecule has 2 unspecified atom stereocenters. The second kappa shape index (κ2) is 6.06. The van der Waals surface area contributed by atoms with Gasteiger partial charge in [0.2, 0.25) is 0 Å². The second-order valence-electron chi connectivity index (χ2n) is 6.09. The van der Waals surface area contributed by atoms with E-state index >= 15 is 0 Å². The Bertz CT molecular complexity index is 386. The van der Waals surface area contributed by atoms with Crippen LogP contribution in [0, 0.1) is 11.3 Å². The molecule has 0 saturated heterocycles. The summed E-state index contributed by atoms with van der Waals surface area (Å²) in [5.74, 6) is 0.818. The van der Waals surface area contributed by atoms with Crippen LogP contribution in [0.25, 0.3) is 0 Å². The quantitative estimate of drug-likeness (QED) is 0.813. The van der Waals surface area contributed by atoms with Crippen LogP contribution in [-0.2, 0) is 6.42 Å². The van der Waals surface area contributed by atoms with Crippen LogP contribution < -0.4 is 5.32 Å². The van der Waals surface area contributed by atoms with Crippen LogP contribution in [0.1, 0.15) is 44.9 Å². The molecule has 0 aromatic carbocycles. The van der Waals surface area contributed by atoms with Crippen molar-refractivity contribution in [3.63, 3.8) is 0 Å². The minimum Gasteiger partial charge on any atom is -0.314 e. The van der Waals surface area contributed by atoms with Crippen molar-refractivity contribution in [3.8, 4) is 0 Å². The molecule has 0 spiro atoms. The SMILES string of the molecule is CCNC(Cc1cc(Br)cs1)C1CCCC1(C)C. The molecule has 1 saturated carbocycles. The van der Waals surface area contributed by atoms with Gasteiger partial charge in [0, 0.05) is 20.8 Å². The summed E-state index contributed by atoms with van der Waals surface area (Å²) in [5, 5.41) is 5.92. The maximum absolute atomic E-state index is 3.73. The zero-order valence-corrected chi connectivity index (χ0v) is 14.0. The highest BCUT2D eigenvalue weighted by Crippen LogP contribution is 2.45. The van der Waals surface area contributed by atoms with Crippen LogP contribution in [0.2, 0.25) is 0 Å². The minimum absolute atomic E-state index is 0.501. The van der Waals surface area contributed by atoms with Crippen molar-refractivity contribution in [2.45, 2.75) is 52.5 Å². The minimum atomic E-state index is 0.501. The normalized spacial score (nSPS) is 24.3. The van der Waals surface area contributed by atoms with E-state index in [0.29, 0.717) is 11.5 Å². The van der Waals surface area contributed by atoms with Gasteiger partial charge < -0.3 is 5.32 Å². The molecular weight excluding hydrogens is 306 g/mol. The Morgan fingerprint density at radius 3 is 2.83 bits per heavy atom. The topological polar surface area (TPSA) is 12.0 Å². The molecule has 0 aliphatic heterocycles. The Morgan fingerprint density at radius 2 is 2.33 bits per heavy atom. The van der Waals surface area contributed by atoms with Gasteiger partial charge in [-0.05, 0) is 59.1 Å². The van der Waals surface area contributed by atoms with Crippen molar-refractivity contribution in [2.24, 2.45) is 11.3 Å². The molecule has 102 valence electrons. The highest BCUT2D eigenvalue weighted by molar-refractivity contribution is 9.10. The Labute approximate surface area is 123 Å². The van der Waals surface area contributed by atoms with Gasteiger partial charge in [-0.1, -0.05) is 27.2 Å². The number of likely N-dealkylation sites (N-methyl/N-ethyl adjacent to an activating group) is 1. The van der Waals surface area contributed by atoms with Gasteiger partial charge in [-0.15, -0.1) is 11.3 Å². The van der Waals surface area contributed by atoms with Crippen molar-refractivity contribution in [1.29, 1.82) is 0 Å². The summed E-state index contributed by atoms with van der Waals surface area (Å²) in [6.45, 7) is 8.18. The Hall–Kier alpha value is 0.140. The fourth-order valence-electron chi connectivity index (χ4n) is 3.40. The number of hydrogen-bond donors (Lipinski definition) is 1. The van der Waals surface area contributed by atoms with Crippen LogP contribution in [0.5, 0.6) is 0 Å². The van der Waals surface area contributed by atoms with Gasteiger partial charge in [-0.3, -0.25) is 0 Å². The van der Waals surface area contributed by atoms with E-state index in [1.165, 1.54) is 35.0 Å². The summed E-state index contributed by atoms with van der Waals surface area (Å²) >= 11 is 5.43. The summed E-state index contributed by atoms with van der Waals surface area (Å²) in [6.07, 6.45) is 5.34. The summed E-state index contributed by atoms with van der Waals surface area (Å²) in [6, 6.07) is 2.91. The van der Waals surface area contributed by atoms with Gasteiger partial charge in [-0.2, -0.15) is 0 Å². The van der Waals surface area contributed by atoms with Gasteiger partial charge in [0.05, 0.1) is 0 Å². The molecule has 0 amide bonds. The molecule has 1 N–H and O–H groups in total. The van der Waals surface area contributed by atoms with Gasteiger partial charge in [0.25, 0.3) is 0 Å². The molecule has 3 heteroatoms. The fourth-order valence-corrected chi connectivity index (χ4v) is 4.91. The molecule has 1 aliphatic carbocycles. The van der Waals surface area contributed by atoms with Crippen LogP contribution >= 0.6 is 27.3 Å². The summed E-state index contributed by atoms with van der Waals surface area (Å²) in [7, 11) is 0. The number of rotatable bonds is 5. The molecule has 1 heterocycles. The zero-order valence-electron chi connectivity index (χ0n) is 11.6. The Kier molecular flexibility index (Phi) is 4.90. The first-order valence-corrected chi connectivity index (χ1v) is 8.66. The molecule has 2 atom stereocenters. The van der Waals surface area contributed by atoms with Crippen molar-refractivity contribution < 1.29 is 0 Å². The molecule has 0 radical (unpaired) electrons. The number of nitrogens with one attached hydrogen (secondary N) is 1. The molecule has 0 bridgehead atoms. The molecule has 1 aromatic heterocycles. The molecule has 1 fully saturated rings. The first kappa shape index (κ1) is 14.5. The highest BCUT2D eigenvalue weighted by atomic mass is 79.9. The summed E-state index contributed by atoms with van der Waals surface area (Å²) in [5.41, 5.74) is 0.501. The Morgan fingerprint density at radius 1 is 1.56 bits per heavy atom. The highest BCUT2D eigenvalue weighted by Gasteiger charge is 2.39. The van der Waals surface area contributed by atoms with Crippen molar-refractivity contribution in [1.82, 2.24) is 5.32 Å². The second-order valence-corrected chi connectivity index (χ2v) is 8.00. The van der Waals surface area contributed by atoms with E-state index in [2.05, 4.69) is 53.5 Å². The van der Waals surface area contributed by atoms with Gasteiger partial charge in [0.1, 0.15) is 0 Å². The first-order valence-electron chi connectivity index (χ1n) is 6.99. The number of hydrogen-bond acceptors (Lipinski definition) is 2. The number of halogens is 1. The smallest absolute Gasteiger partial charge is 0.0285 e. The van der Waals surface area contributed by atoms with Crippen LogP contribution in [0.15, 0.2) is 15.9 Å². The zero-order chi connectivity index (χ0) is 13.2. The maximum Gasteiger partial charge on any atom is 0.0285 e. The van der Waals surface area contributed by atoms with E-state index < -0.39 is 0 Å². The molecule has 1 aromatic rings. The van der Waals surface area contributed by atoms with Gasteiger partial charge in [0.15, 0.2) is 0 Å². The molecule has 1 aliphatic rings. The maximum atomic E-state index is 3.73. The predicted molar refractivity (Wildman–Crippen MR) is 84.3 cm³/mol. The lowest BCUT2D eigenvalue weighted by Crippen LogP contribution is -2.42. The summed E-state index contributed by atoms with van der Waals surface area (Å²) in [4.78, 5) is 1.50. The van der Waals surface area contributed by atoms with Crippen LogP contribution in [0.3, 0.4) is 0 Å². The van der Waals surface area contributed by atoms with E-state index in [4.69, 9.17) is 0 Å². The molecule has 2 rings (SSSR count). The summed E-state index contributed by atoms with van der Waals surface area (Å²) < 4.78 is 1.23. The lowest BCUT2D eigenvalue weighted by atomic mass is 9.76. The Balaban J connectivity index is 2.08. The van der Waals surface area contributed by atoms with Crippen LogP contribution in [-0.4, -0.2) is 12.6 Å². The van der Waals surface area contributed by atoms with Crippen LogP contribution in [0.4, 0.5) is 0 Å². The molecule has 18 heavy (non-hydrogen) atoms. The van der Waals surface area contributed by atoms with E-state index in [0.717, 1.165) is 12.5 Å². The lowest BCUT2D eigenvalue weighted by Gasteiger charge is -2.34. The van der Waals surface area contributed by atoms with E-state index in [1.807, 2.05) is 11.3 Å². The third kappa shape index (κ3) is 3.37. The first-order chi connectivity index (χ1) is 8.53. The fraction of sp³-hybridized carbons (Fsp3) is 0.733. The third-order valence-corrected chi connectivity index (χ3v) is 6.05. The largest absolute Gasteiger partial charge is 0.314 e.